The van der Waals surface area contributed by atoms with E-state index >= 15 is 0 Å². The molecule has 2 amide bonds. The summed E-state index contributed by atoms with van der Waals surface area (Å²) in [6.07, 6.45) is 0. The molecule has 0 aliphatic carbocycles. The number of rotatable bonds is 2. The summed E-state index contributed by atoms with van der Waals surface area (Å²) in [5.74, 6) is 2.89. The summed E-state index contributed by atoms with van der Waals surface area (Å²) < 4.78 is 0. The number of fused-ring (bicyclic) bond motifs is 1. The van der Waals surface area contributed by atoms with Crippen molar-refractivity contribution < 1.29 is 14.4 Å². The van der Waals surface area contributed by atoms with Crippen molar-refractivity contribution in [3.8, 4) is 0 Å². The summed E-state index contributed by atoms with van der Waals surface area (Å²) in [6.45, 7) is -0.336. The summed E-state index contributed by atoms with van der Waals surface area (Å²) in [4.78, 5) is 35.5. The van der Waals surface area contributed by atoms with Crippen molar-refractivity contribution in [2.45, 2.75) is 0 Å². The molecule has 1 aromatic carbocycles. The fraction of sp³-hybridized carbons (Fsp3) is 0.100. The molecule has 17 heavy (non-hydrogen) atoms. The zero-order valence-corrected chi connectivity index (χ0v) is 9.32. The van der Waals surface area contributed by atoms with Crippen LogP contribution < -0.4 is 16.2 Å². The predicted octanol–water partition coefficient (Wildman–Crippen LogP) is -0.141. The van der Waals surface area contributed by atoms with Gasteiger partial charge >= 0.3 is 0 Å². The Morgan fingerprint density at radius 3 is 2.76 bits per heavy atom. The van der Waals surface area contributed by atoms with Gasteiger partial charge in [0, 0.05) is 0 Å². The van der Waals surface area contributed by atoms with E-state index in [2.05, 4.69) is 0 Å². The molecule has 3 N–H and O–H groups in total. The van der Waals surface area contributed by atoms with Crippen LogP contribution in [0.3, 0.4) is 0 Å². The highest BCUT2D eigenvalue weighted by Crippen LogP contribution is 2.35. The minimum absolute atomic E-state index is 0.201. The molecule has 0 aromatic heterocycles. The number of carbonyl (C=O) groups is 3. The second-order valence-corrected chi connectivity index (χ2v) is 3.83. The first-order chi connectivity index (χ1) is 8.06. The van der Waals surface area contributed by atoms with E-state index in [-0.39, 0.29) is 22.8 Å². The van der Waals surface area contributed by atoms with Gasteiger partial charge in [-0.25, -0.2) is 5.84 Å². The number of halogens is 1. The number of hydrazine groups is 1. The van der Waals surface area contributed by atoms with Crippen LogP contribution in [0.25, 0.3) is 0 Å². The third-order valence-corrected chi connectivity index (χ3v) is 2.71. The maximum atomic E-state index is 11.7. The molecule has 0 atom stereocenters. The van der Waals surface area contributed by atoms with Crippen LogP contribution in [0.15, 0.2) is 18.2 Å². The summed E-state index contributed by atoms with van der Waals surface area (Å²) in [7, 11) is 0. The van der Waals surface area contributed by atoms with E-state index < -0.39 is 17.6 Å². The minimum Gasteiger partial charge on any atom is -0.294 e. The van der Waals surface area contributed by atoms with Gasteiger partial charge in [-0.2, -0.15) is 0 Å². The van der Waals surface area contributed by atoms with Gasteiger partial charge in [0.25, 0.3) is 17.6 Å². The van der Waals surface area contributed by atoms with Crippen molar-refractivity contribution in [2.24, 2.45) is 5.84 Å². The van der Waals surface area contributed by atoms with Crippen molar-refractivity contribution >= 4 is 34.9 Å². The molecule has 0 saturated heterocycles. The minimum atomic E-state index is -0.781. The number of hydrogen-bond donors (Lipinski definition) is 2. The fourth-order valence-corrected chi connectivity index (χ4v) is 1.93. The van der Waals surface area contributed by atoms with Gasteiger partial charge in [0.05, 0.1) is 16.3 Å². The highest BCUT2D eigenvalue weighted by molar-refractivity contribution is 6.54. The van der Waals surface area contributed by atoms with E-state index in [1.54, 1.807) is 12.1 Å². The van der Waals surface area contributed by atoms with Gasteiger partial charge in [0.15, 0.2) is 0 Å². The molecule has 6 nitrogen and oxygen atoms in total. The Kier molecular flexibility index (Phi) is 2.83. The van der Waals surface area contributed by atoms with Gasteiger partial charge in [-0.15, -0.1) is 0 Å². The molecular weight excluding hydrogens is 246 g/mol. The number of ketones is 1. The van der Waals surface area contributed by atoms with Gasteiger partial charge in [0.1, 0.15) is 6.54 Å². The molecule has 1 aliphatic heterocycles. The van der Waals surface area contributed by atoms with E-state index in [9.17, 15) is 14.4 Å². The monoisotopic (exact) mass is 253 g/mol. The molecule has 1 heterocycles. The number of anilines is 1. The largest absolute Gasteiger partial charge is 0.300 e. The number of amides is 2. The van der Waals surface area contributed by atoms with Crippen molar-refractivity contribution in [1.29, 1.82) is 0 Å². The summed E-state index contributed by atoms with van der Waals surface area (Å²) in [5.41, 5.74) is 2.35. The predicted molar refractivity (Wildman–Crippen MR) is 60.5 cm³/mol. The van der Waals surface area contributed by atoms with Crippen LogP contribution in [-0.2, 0) is 9.59 Å². The molecule has 1 aromatic rings. The fourth-order valence-electron chi connectivity index (χ4n) is 1.65. The Bertz CT molecular complexity index is 530. The third-order valence-electron chi connectivity index (χ3n) is 2.40. The van der Waals surface area contributed by atoms with E-state index in [0.717, 1.165) is 4.90 Å². The molecule has 0 radical (unpaired) electrons. The van der Waals surface area contributed by atoms with Crippen molar-refractivity contribution in [3.05, 3.63) is 28.8 Å². The number of nitrogens with two attached hydrogens (primary N) is 1. The summed E-state index contributed by atoms with van der Waals surface area (Å²) in [5, 5.41) is 0.242. The Hall–Kier alpha value is -1.92. The van der Waals surface area contributed by atoms with Crippen molar-refractivity contribution in [2.75, 3.05) is 11.4 Å². The Morgan fingerprint density at radius 2 is 2.12 bits per heavy atom. The number of benzene rings is 1. The number of para-hydroxylation sites is 1. The van der Waals surface area contributed by atoms with Crippen LogP contribution in [0, 0.1) is 0 Å². The smallest absolute Gasteiger partial charge is 0.294 e. The molecule has 2 rings (SSSR count). The van der Waals surface area contributed by atoms with Crippen LogP contribution in [0.5, 0.6) is 0 Å². The zero-order valence-electron chi connectivity index (χ0n) is 8.57. The first kappa shape index (κ1) is 11.6. The molecule has 0 bridgehead atoms. The molecule has 7 heteroatoms. The van der Waals surface area contributed by atoms with Gasteiger partial charge in [0.2, 0.25) is 0 Å². The Balaban J connectivity index is 2.47. The quantitative estimate of drug-likeness (QED) is 0.332. The lowest BCUT2D eigenvalue weighted by Crippen LogP contribution is -2.42. The standard InChI is InChI=1S/C10H8ClN3O3/c11-6-3-1-2-5-8(6)14(4-7(15)13-12)10(17)9(5)16/h1-3H,4,12H2,(H,13,15). The highest BCUT2D eigenvalue weighted by Gasteiger charge is 2.38. The summed E-state index contributed by atoms with van der Waals surface area (Å²) >= 11 is 5.91. The number of nitrogens with zero attached hydrogens (tertiary/aromatic N) is 1. The SMILES string of the molecule is NNC(=O)CN1C(=O)C(=O)c2cccc(Cl)c21. The lowest BCUT2D eigenvalue weighted by atomic mass is 10.1. The van der Waals surface area contributed by atoms with E-state index in [4.69, 9.17) is 17.4 Å². The van der Waals surface area contributed by atoms with Crippen LogP contribution >= 0.6 is 11.6 Å². The average Bonchev–Trinajstić information content (AvgIpc) is 2.56. The lowest BCUT2D eigenvalue weighted by molar-refractivity contribution is -0.122. The summed E-state index contributed by atoms with van der Waals surface area (Å²) in [6, 6.07) is 4.60. The van der Waals surface area contributed by atoms with E-state index in [0.29, 0.717) is 0 Å². The number of Topliss-reactive ketones (excluding diaryl/α,β-unsaturated/α-hetero) is 1. The van der Waals surface area contributed by atoms with E-state index in [1.807, 2.05) is 5.43 Å². The number of nitrogens with one attached hydrogen (secondary N) is 1. The highest BCUT2D eigenvalue weighted by atomic mass is 35.5. The second-order valence-electron chi connectivity index (χ2n) is 3.42. The number of carbonyl (C=O) groups excluding carboxylic acids is 3. The average molecular weight is 254 g/mol. The number of hydrogen-bond acceptors (Lipinski definition) is 4. The molecule has 0 fully saturated rings. The van der Waals surface area contributed by atoms with E-state index in [1.165, 1.54) is 6.07 Å². The van der Waals surface area contributed by atoms with Crippen molar-refractivity contribution in [1.82, 2.24) is 5.43 Å². The second kappa shape index (κ2) is 4.15. The van der Waals surface area contributed by atoms with Crippen LogP contribution in [-0.4, -0.2) is 24.1 Å². The van der Waals surface area contributed by atoms with Gasteiger partial charge in [-0.3, -0.25) is 24.7 Å². The first-order valence-corrected chi connectivity index (χ1v) is 5.08. The zero-order chi connectivity index (χ0) is 12.6. The van der Waals surface area contributed by atoms with Crippen LogP contribution in [0.2, 0.25) is 5.02 Å². The molecular formula is C10H8ClN3O3. The molecule has 0 spiro atoms. The molecule has 1 aliphatic rings. The normalized spacial score (nSPS) is 13.9. The molecule has 0 saturated carbocycles. The molecule has 0 unspecified atom stereocenters. The lowest BCUT2D eigenvalue weighted by Gasteiger charge is -2.15. The molecule has 88 valence electrons. The van der Waals surface area contributed by atoms with Crippen molar-refractivity contribution in [3.63, 3.8) is 0 Å². The maximum Gasteiger partial charge on any atom is 0.300 e. The Labute approximate surface area is 101 Å². The van der Waals surface area contributed by atoms with Gasteiger partial charge in [-0.05, 0) is 12.1 Å². The van der Waals surface area contributed by atoms with Gasteiger partial charge < -0.3 is 0 Å². The van der Waals surface area contributed by atoms with Crippen LogP contribution in [0.4, 0.5) is 5.69 Å². The third kappa shape index (κ3) is 1.77. The topological polar surface area (TPSA) is 92.5 Å². The maximum absolute atomic E-state index is 11.7. The first-order valence-electron chi connectivity index (χ1n) is 4.70. The van der Waals surface area contributed by atoms with Gasteiger partial charge in [-0.1, -0.05) is 17.7 Å². The van der Waals surface area contributed by atoms with Crippen LogP contribution in [0.1, 0.15) is 10.4 Å². The Morgan fingerprint density at radius 1 is 1.41 bits per heavy atom.